The number of benzene rings is 1. The number of ether oxygens (including phenoxy) is 1. The second kappa shape index (κ2) is 6.47. The smallest absolute Gasteiger partial charge is 0.294 e. The van der Waals surface area contributed by atoms with E-state index < -0.39 is 10.1 Å². The van der Waals surface area contributed by atoms with E-state index in [2.05, 4.69) is 14.1 Å². The maximum atomic E-state index is 10.5. The van der Waals surface area contributed by atoms with Gasteiger partial charge in [0, 0.05) is 0 Å². The Kier molecular flexibility index (Phi) is 5.49. The maximum absolute atomic E-state index is 10.5. The van der Waals surface area contributed by atoms with Gasteiger partial charge < -0.3 is 9.22 Å². The fourth-order valence-electron chi connectivity index (χ4n) is 1.55. The van der Waals surface area contributed by atoms with E-state index >= 15 is 0 Å². The molecule has 0 spiro atoms. The van der Waals surface area contributed by atoms with Crippen LogP contribution in [-0.4, -0.2) is 57.9 Å². The van der Waals surface area contributed by atoms with Crippen LogP contribution in [0.1, 0.15) is 5.56 Å². The van der Waals surface area contributed by atoms with Gasteiger partial charge in [-0.05, 0) is 19.1 Å². The van der Waals surface area contributed by atoms with Crippen LogP contribution in [0.25, 0.3) is 0 Å². The highest BCUT2D eigenvalue weighted by Gasteiger charge is 2.18. The molecule has 1 aliphatic heterocycles. The monoisotopic (exact) mass is 288 g/mol. The van der Waals surface area contributed by atoms with E-state index in [1.807, 2.05) is 6.92 Å². The van der Waals surface area contributed by atoms with Gasteiger partial charge in [0.15, 0.2) is 0 Å². The van der Waals surface area contributed by atoms with Crippen molar-refractivity contribution in [3.8, 4) is 0 Å². The summed E-state index contributed by atoms with van der Waals surface area (Å²) in [5.74, 6) is 0. The Hall–Kier alpha value is -0.950. The molecule has 0 unspecified atom stereocenters. The first-order chi connectivity index (χ1) is 8.71. The standard InChI is InChI=1S/C7H8O3S.C6H14NO/c1-6-2-4-7(5-3-6)11(8,9)10;1-7(2)3-5-8-6-4-7/h2-5H,1H3,(H,8,9,10);3-6H2,1-2H3/q;+1. The summed E-state index contributed by atoms with van der Waals surface area (Å²) >= 11 is 0. The number of morpholine rings is 1. The van der Waals surface area contributed by atoms with Crippen molar-refractivity contribution in [2.45, 2.75) is 11.8 Å². The van der Waals surface area contributed by atoms with Crippen LogP contribution in [0.3, 0.4) is 0 Å². The Labute approximate surface area is 115 Å². The molecule has 0 aromatic heterocycles. The minimum Gasteiger partial charge on any atom is -0.370 e. The SMILES string of the molecule is C[N+]1(C)CCOCC1.Cc1ccc(S(=O)(=O)O)cc1. The lowest BCUT2D eigenvalue weighted by molar-refractivity contribution is -0.898. The number of rotatable bonds is 1. The molecule has 108 valence electrons. The molecule has 1 fully saturated rings. The van der Waals surface area contributed by atoms with Gasteiger partial charge in [-0.1, -0.05) is 17.7 Å². The predicted octanol–water partition coefficient (Wildman–Crippen LogP) is 1.33. The average molecular weight is 288 g/mol. The summed E-state index contributed by atoms with van der Waals surface area (Å²) in [5, 5.41) is 0. The van der Waals surface area contributed by atoms with E-state index in [9.17, 15) is 8.42 Å². The Morgan fingerprint density at radius 1 is 1.11 bits per heavy atom. The number of hydrogen-bond acceptors (Lipinski definition) is 3. The molecule has 1 heterocycles. The van der Waals surface area contributed by atoms with Gasteiger partial charge in [0.05, 0.1) is 32.2 Å². The van der Waals surface area contributed by atoms with Crippen molar-refractivity contribution in [3.05, 3.63) is 29.8 Å². The van der Waals surface area contributed by atoms with Crippen molar-refractivity contribution >= 4 is 10.1 Å². The van der Waals surface area contributed by atoms with E-state index in [4.69, 9.17) is 9.29 Å². The van der Waals surface area contributed by atoms with Crippen molar-refractivity contribution in [2.75, 3.05) is 40.4 Å². The van der Waals surface area contributed by atoms with Crippen LogP contribution in [-0.2, 0) is 14.9 Å². The van der Waals surface area contributed by atoms with E-state index in [1.54, 1.807) is 12.1 Å². The fourth-order valence-corrected chi connectivity index (χ4v) is 2.03. The Morgan fingerprint density at radius 2 is 1.58 bits per heavy atom. The second-order valence-electron chi connectivity index (χ2n) is 5.28. The van der Waals surface area contributed by atoms with Crippen LogP contribution in [0.4, 0.5) is 0 Å². The molecule has 0 bridgehead atoms. The van der Waals surface area contributed by atoms with Crippen molar-refractivity contribution in [1.29, 1.82) is 0 Å². The number of hydrogen-bond donors (Lipinski definition) is 1. The summed E-state index contributed by atoms with van der Waals surface area (Å²) in [6.45, 7) is 6.05. The first-order valence-corrected chi connectivity index (χ1v) is 7.59. The summed E-state index contributed by atoms with van der Waals surface area (Å²) in [6, 6.07) is 5.99. The van der Waals surface area contributed by atoms with Crippen LogP contribution >= 0.6 is 0 Å². The molecule has 0 atom stereocenters. The molecule has 1 aromatic carbocycles. The molecule has 1 saturated heterocycles. The van der Waals surface area contributed by atoms with Crippen LogP contribution < -0.4 is 0 Å². The van der Waals surface area contributed by atoms with Gasteiger partial charge in [0.1, 0.15) is 13.1 Å². The summed E-state index contributed by atoms with van der Waals surface area (Å²) in [6.07, 6.45) is 0. The van der Waals surface area contributed by atoms with Crippen LogP contribution in [0.5, 0.6) is 0 Å². The lowest BCUT2D eigenvalue weighted by Crippen LogP contribution is -2.48. The van der Waals surface area contributed by atoms with Crippen LogP contribution in [0.2, 0.25) is 0 Å². The summed E-state index contributed by atoms with van der Waals surface area (Å²) < 4.78 is 35.9. The number of aryl methyl sites for hydroxylation is 1. The minimum atomic E-state index is -4.02. The normalized spacial score (nSPS) is 18.3. The number of likely N-dealkylation sites (N-methyl/N-ethyl adjacent to an activating group) is 1. The van der Waals surface area contributed by atoms with Gasteiger partial charge in [-0.3, -0.25) is 4.55 Å². The maximum Gasteiger partial charge on any atom is 0.294 e. The molecule has 0 amide bonds. The molecule has 1 aromatic rings. The molecular weight excluding hydrogens is 266 g/mol. The van der Waals surface area contributed by atoms with Gasteiger partial charge in [-0.15, -0.1) is 0 Å². The zero-order valence-electron chi connectivity index (χ0n) is 11.7. The average Bonchev–Trinajstić information content (AvgIpc) is 2.28. The molecular formula is C13H22NO4S+. The van der Waals surface area contributed by atoms with Gasteiger partial charge in [0.25, 0.3) is 10.1 Å². The van der Waals surface area contributed by atoms with Gasteiger partial charge >= 0.3 is 0 Å². The van der Waals surface area contributed by atoms with Gasteiger partial charge in [-0.2, -0.15) is 8.42 Å². The van der Waals surface area contributed by atoms with E-state index in [1.165, 1.54) is 25.2 Å². The lowest BCUT2D eigenvalue weighted by atomic mass is 10.2. The highest BCUT2D eigenvalue weighted by atomic mass is 32.2. The Morgan fingerprint density at radius 3 is 1.89 bits per heavy atom. The molecule has 0 radical (unpaired) electrons. The Bertz CT molecular complexity index is 486. The fraction of sp³-hybridized carbons (Fsp3) is 0.538. The van der Waals surface area contributed by atoms with Crippen LogP contribution in [0.15, 0.2) is 29.2 Å². The summed E-state index contributed by atoms with van der Waals surface area (Å²) in [4.78, 5) is -0.0666. The molecule has 2 rings (SSSR count). The van der Waals surface area contributed by atoms with Crippen molar-refractivity contribution in [1.82, 2.24) is 0 Å². The molecule has 6 heteroatoms. The zero-order valence-corrected chi connectivity index (χ0v) is 12.5. The van der Waals surface area contributed by atoms with E-state index in [-0.39, 0.29) is 4.90 Å². The first kappa shape index (κ1) is 16.1. The van der Waals surface area contributed by atoms with E-state index in [0.29, 0.717) is 0 Å². The second-order valence-corrected chi connectivity index (χ2v) is 6.70. The van der Waals surface area contributed by atoms with Crippen molar-refractivity contribution < 1.29 is 22.2 Å². The minimum absolute atomic E-state index is 0.0666. The lowest BCUT2D eigenvalue weighted by Gasteiger charge is -2.33. The number of quaternary nitrogens is 1. The van der Waals surface area contributed by atoms with Gasteiger partial charge in [0.2, 0.25) is 0 Å². The van der Waals surface area contributed by atoms with Crippen LogP contribution in [0, 0.1) is 6.92 Å². The molecule has 5 nitrogen and oxygen atoms in total. The summed E-state index contributed by atoms with van der Waals surface area (Å²) in [7, 11) is 0.458. The highest BCUT2D eigenvalue weighted by Crippen LogP contribution is 2.08. The van der Waals surface area contributed by atoms with Gasteiger partial charge in [-0.25, -0.2) is 0 Å². The predicted molar refractivity (Wildman–Crippen MR) is 73.7 cm³/mol. The van der Waals surface area contributed by atoms with Crippen molar-refractivity contribution in [2.24, 2.45) is 0 Å². The van der Waals surface area contributed by atoms with Crippen molar-refractivity contribution in [3.63, 3.8) is 0 Å². The third-order valence-electron chi connectivity index (χ3n) is 3.00. The topological polar surface area (TPSA) is 63.6 Å². The highest BCUT2D eigenvalue weighted by molar-refractivity contribution is 7.85. The molecule has 1 N–H and O–H groups in total. The molecule has 1 aliphatic rings. The van der Waals surface area contributed by atoms with E-state index in [0.717, 1.165) is 23.3 Å². The zero-order chi connectivity index (χ0) is 14.5. The molecule has 19 heavy (non-hydrogen) atoms. The summed E-state index contributed by atoms with van der Waals surface area (Å²) in [5.41, 5.74) is 0.956. The molecule has 0 saturated carbocycles. The molecule has 0 aliphatic carbocycles. The Balaban J connectivity index is 0.000000200. The first-order valence-electron chi connectivity index (χ1n) is 6.15. The quantitative estimate of drug-likeness (QED) is 0.625. The largest absolute Gasteiger partial charge is 0.370 e. The third-order valence-corrected chi connectivity index (χ3v) is 3.87. The number of nitrogens with zero attached hydrogens (tertiary/aromatic N) is 1. The third kappa shape index (κ3) is 6.15.